The molecular formula is C16H23N3O. The maximum absolute atomic E-state index is 9.16. The molecule has 4 heteroatoms. The van der Waals surface area contributed by atoms with Gasteiger partial charge in [-0.05, 0) is 24.2 Å². The van der Waals surface area contributed by atoms with E-state index < -0.39 is 0 Å². The molecule has 1 heterocycles. The summed E-state index contributed by atoms with van der Waals surface area (Å²) < 4.78 is 5.47. The van der Waals surface area contributed by atoms with Crippen LogP contribution in [0.1, 0.15) is 76.4 Å². The van der Waals surface area contributed by atoms with Gasteiger partial charge in [0.2, 0.25) is 5.89 Å². The SMILES string of the molecule is CCC1CCCC(c2noc(C3C(C#N)C3(C)C)n2)C1. The fourth-order valence-corrected chi connectivity index (χ4v) is 3.78. The predicted octanol–water partition coefficient (Wildman–Crippen LogP) is 4.02. The summed E-state index contributed by atoms with van der Waals surface area (Å²) in [5.41, 5.74) is -0.0168. The van der Waals surface area contributed by atoms with Gasteiger partial charge in [-0.25, -0.2) is 0 Å². The monoisotopic (exact) mass is 273 g/mol. The van der Waals surface area contributed by atoms with Crippen molar-refractivity contribution in [1.29, 1.82) is 5.26 Å². The van der Waals surface area contributed by atoms with Crippen molar-refractivity contribution < 1.29 is 4.52 Å². The minimum absolute atomic E-state index is 0.0168. The van der Waals surface area contributed by atoms with Crippen molar-refractivity contribution in [2.24, 2.45) is 17.3 Å². The Morgan fingerprint density at radius 1 is 1.40 bits per heavy atom. The van der Waals surface area contributed by atoms with Gasteiger partial charge < -0.3 is 4.52 Å². The average molecular weight is 273 g/mol. The lowest BCUT2D eigenvalue weighted by Gasteiger charge is -2.26. The summed E-state index contributed by atoms with van der Waals surface area (Å²) in [6, 6.07) is 2.35. The van der Waals surface area contributed by atoms with Crippen LogP contribution in [0.15, 0.2) is 4.52 Å². The van der Waals surface area contributed by atoms with E-state index in [4.69, 9.17) is 9.78 Å². The predicted molar refractivity (Wildman–Crippen MR) is 74.9 cm³/mol. The number of hydrogen-bond donors (Lipinski definition) is 0. The van der Waals surface area contributed by atoms with Crippen LogP contribution in [0, 0.1) is 28.6 Å². The molecule has 2 aliphatic carbocycles. The lowest BCUT2D eigenvalue weighted by Crippen LogP contribution is -2.14. The van der Waals surface area contributed by atoms with Gasteiger partial charge in [-0.2, -0.15) is 10.2 Å². The Morgan fingerprint density at radius 2 is 2.20 bits per heavy atom. The van der Waals surface area contributed by atoms with Crippen LogP contribution < -0.4 is 0 Å². The molecule has 4 atom stereocenters. The molecule has 2 fully saturated rings. The van der Waals surface area contributed by atoms with Crippen LogP contribution in [0.2, 0.25) is 0 Å². The normalized spacial score (nSPS) is 35.5. The molecule has 2 saturated carbocycles. The van der Waals surface area contributed by atoms with E-state index >= 15 is 0 Å². The van der Waals surface area contributed by atoms with Gasteiger partial charge in [0.1, 0.15) is 0 Å². The van der Waals surface area contributed by atoms with E-state index in [1.54, 1.807) is 0 Å². The van der Waals surface area contributed by atoms with Crippen LogP contribution in [-0.4, -0.2) is 10.1 Å². The molecule has 0 saturated heterocycles. The standard InChI is InChI=1S/C16H23N3O/c1-4-10-6-5-7-11(8-10)14-18-15(20-19-14)13-12(9-17)16(13,2)3/h10-13H,4-8H2,1-3H3. The highest BCUT2D eigenvalue weighted by atomic mass is 16.5. The first-order chi connectivity index (χ1) is 9.57. The molecule has 0 aromatic carbocycles. The summed E-state index contributed by atoms with van der Waals surface area (Å²) >= 11 is 0. The Hall–Kier alpha value is -1.37. The summed E-state index contributed by atoms with van der Waals surface area (Å²) in [5.74, 6) is 2.95. The highest BCUT2D eigenvalue weighted by Gasteiger charge is 2.62. The van der Waals surface area contributed by atoms with Crippen LogP contribution in [0.4, 0.5) is 0 Å². The van der Waals surface area contributed by atoms with Gasteiger partial charge in [0, 0.05) is 5.92 Å². The quantitative estimate of drug-likeness (QED) is 0.834. The molecule has 4 nitrogen and oxygen atoms in total. The van der Waals surface area contributed by atoms with Crippen LogP contribution in [-0.2, 0) is 0 Å². The van der Waals surface area contributed by atoms with Crippen molar-refractivity contribution in [3.05, 3.63) is 11.7 Å². The van der Waals surface area contributed by atoms with Crippen molar-refractivity contribution in [2.45, 2.75) is 64.7 Å². The van der Waals surface area contributed by atoms with Crippen molar-refractivity contribution in [3.63, 3.8) is 0 Å². The van der Waals surface area contributed by atoms with E-state index in [2.05, 4.69) is 37.0 Å². The van der Waals surface area contributed by atoms with E-state index in [9.17, 15) is 0 Å². The van der Waals surface area contributed by atoms with E-state index in [0.717, 1.165) is 11.7 Å². The van der Waals surface area contributed by atoms with E-state index in [-0.39, 0.29) is 17.3 Å². The summed E-state index contributed by atoms with van der Waals surface area (Å²) in [7, 11) is 0. The molecule has 3 rings (SSSR count). The Balaban J connectivity index is 1.73. The number of hydrogen-bond acceptors (Lipinski definition) is 4. The fraction of sp³-hybridized carbons (Fsp3) is 0.812. The first-order valence-electron chi connectivity index (χ1n) is 7.81. The second-order valence-corrected chi connectivity index (χ2v) is 7.03. The van der Waals surface area contributed by atoms with Crippen molar-refractivity contribution >= 4 is 0 Å². The topological polar surface area (TPSA) is 62.7 Å². The number of nitriles is 1. The van der Waals surface area contributed by atoms with Gasteiger partial charge in [0.05, 0.1) is 17.9 Å². The molecule has 1 aromatic rings. The molecule has 0 spiro atoms. The molecule has 2 aliphatic rings. The largest absolute Gasteiger partial charge is 0.339 e. The molecule has 0 aliphatic heterocycles. The highest BCUT2D eigenvalue weighted by molar-refractivity contribution is 5.26. The van der Waals surface area contributed by atoms with Gasteiger partial charge in [0.15, 0.2) is 5.82 Å². The lowest BCUT2D eigenvalue weighted by molar-refractivity contribution is 0.297. The Kier molecular flexibility index (Phi) is 3.32. The Morgan fingerprint density at radius 3 is 2.85 bits per heavy atom. The minimum Gasteiger partial charge on any atom is -0.339 e. The number of rotatable bonds is 3. The van der Waals surface area contributed by atoms with E-state index in [0.29, 0.717) is 11.8 Å². The van der Waals surface area contributed by atoms with E-state index in [1.807, 2.05) is 0 Å². The third-order valence-corrected chi connectivity index (χ3v) is 5.42. The smallest absolute Gasteiger partial charge is 0.231 e. The summed E-state index contributed by atoms with van der Waals surface area (Å²) in [4.78, 5) is 4.63. The highest BCUT2D eigenvalue weighted by Crippen LogP contribution is 2.63. The maximum atomic E-state index is 9.16. The van der Waals surface area contributed by atoms with Gasteiger partial charge in [0.25, 0.3) is 0 Å². The van der Waals surface area contributed by atoms with Crippen LogP contribution >= 0.6 is 0 Å². The molecule has 1 aromatic heterocycles. The molecule has 0 N–H and O–H groups in total. The summed E-state index contributed by atoms with van der Waals surface area (Å²) in [6.07, 6.45) is 6.20. The number of aromatic nitrogens is 2. The summed E-state index contributed by atoms with van der Waals surface area (Å²) in [5, 5.41) is 13.4. The number of nitrogens with zero attached hydrogens (tertiary/aromatic N) is 3. The zero-order chi connectivity index (χ0) is 14.3. The molecule has 0 radical (unpaired) electrons. The lowest BCUT2D eigenvalue weighted by atomic mass is 9.80. The first kappa shape index (κ1) is 13.6. The van der Waals surface area contributed by atoms with Crippen molar-refractivity contribution in [2.75, 3.05) is 0 Å². The second kappa shape index (κ2) is 4.87. The van der Waals surface area contributed by atoms with Crippen LogP contribution in [0.5, 0.6) is 0 Å². The molecule has 4 unspecified atom stereocenters. The average Bonchev–Trinajstić information content (AvgIpc) is 2.81. The van der Waals surface area contributed by atoms with Crippen molar-refractivity contribution in [3.8, 4) is 6.07 Å². The van der Waals surface area contributed by atoms with Gasteiger partial charge in [-0.3, -0.25) is 0 Å². The van der Waals surface area contributed by atoms with Gasteiger partial charge in [-0.15, -0.1) is 0 Å². The van der Waals surface area contributed by atoms with Gasteiger partial charge >= 0.3 is 0 Å². The molecule has 0 amide bonds. The fourth-order valence-electron chi connectivity index (χ4n) is 3.78. The third-order valence-electron chi connectivity index (χ3n) is 5.42. The zero-order valence-corrected chi connectivity index (χ0v) is 12.6. The Labute approximate surface area is 120 Å². The first-order valence-corrected chi connectivity index (χ1v) is 7.81. The van der Waals surface area contributed by atoms with Crippen LogP contribution in [0.3, 0.4) is 0 Å². The molecule has 108 valence electrons. The molecule has 0 bridgehead atoms. The van der Waals surface area contributed by atoms with Gasteiger partial charge in [-0.1, -0.05) is 45.2 Å². The van der Waals surface area contributed by atoms with E-state index in [1.165, 1.54) is 32.1 Å². The van der Waals surface area contributed by atoms with Crippen molar-refractivity contribution in [1.82, 2.24) is 10.1 Å². The molecular weight excluding hydrogens is 250 g/mol. The summed E-state index contributed by atoms with van der Waals surface area (Å²) in [6.45, 7) is 6.46. The zero-order valence-electron chi connectivity index (χ0n) is 12.6. The maximum Gasteiger partial charge on any atom is 0.231 e. The minimum atomic E-state index is -0.0168. The van der Waals surface area contributed by atoms with Crippen LogP contribution in [0.25, 0.3) is 0 Å². The Bertz CT molecular complexity index is 528. The second-order valence-electron chi connectivity index (χ2n) is 7.03. The molecule has 20 heavy (non-hydrogen) atoms. The third kappa shape index (κ3) is 2.13.